The van der Waals surface area contributed by atoms with Crippen molar-refractivity contribution in [2.75, 3.05) is 5.73 Å². The molecule has 0 aliphatic heterocycles. The van der Waals surface area contributed by atoms with E-state index >= 15 is 0 Å². The SMILES string of the molecule is Nc1c(Br)cc(-c2ccc3c(c2)c2ccccc2n3-c2ccccc2)cc1Br. The second-order valence-corrected chi connectivity index (χ2v) is 8.48. The summed E-state index contributed by atoms with van der Waals surface area (Å²) in [5, 5.41) is 2.48. The number of anilines is 1. The number of hydrogen-bond acceptors (Lipinski definition) is 1. The minimum absolute atomic E-state index is 0.713. The van der Waals surface area contributed by atoms with Crippen LogP contribution in [-0.4, -0.2) is 4.57 Å². The third kappa shape index (κ3) is 2.76. The number of nitrogens with zero attached hydrogens (tertiary/aromatic N) is 1. The Morgan fingerprint density at radius 3 is 2.00 bits per heavy atom. The first-order valence-corrected chi connectivity index (χ1v) is 10.6. The number of halogens is 2. The van der Waals surface area contributed by atoms with Gasteiger partial charge in [-0.25, -0.2) is 0 Å². The molecule has 0 saturated carbocycles. The number of nitrogens with two attached hydrogens (primary N) is 1. The maximum absolute atomic E-state index is 6.06. The minimum atomic E-state index is 0.713. The Balaban J connectivity index is 1.81. The van der Waals surface area contributed by atoms with Crippen LogP contribution in [0.1, 0.15) is 0 Å². The first-order chi connectivity index (χ1) is 13.6. The van der Waals surface area contributed by atoms with Gasteiger partial charge >= 0.3 is 0 Å². The molecule has 5 aromatic rings. The van der Waals surface area contributed by atoms with E-state index in [1.807, 2.05) is 6.07 Å². The monoisotopic (exact) mass is 490 g/mol. The first kappa shape index (κ1) is 17.5. The molecule has 0 spiro atoms. The van der Waals surface area contributed by atoms with Crippen molar-refractivity contribution in [3.63, 3.8) is 0 Å². The summed E-state index contributed by atoms with van der Waals surface area (Å²) in [7, 11) is 0. The summed E-state index contributed by atoms with van der Waals surface area (Å²) in [4.78, 5) is 0. The molecule has 0 atom stereocenters. The number of para-hydroxylation sites is 2. The van der Waals surface area contributed by atoms with Crippen molar-refractivity contribution in [3.05, 3.63) is 93.9 Å². The molecule has 4 heteroatoms. The Hall–Kier alpha value is -2.56. The highest BCUT2D eigenvalue weighted by atomic mass is 79.9. The van der Waals surface area contributed by atoms with Crippen LogP contribution in [-0.2, 0) is 0 Å². The van der Waals surface area contributed by atoms with Crippen LogP contribution in [0.4, 0.5) is 5.69 Å². The molecule has 0 bridgehead atoms. The van der Waals surface area contributed by atoms with Gasteiger partial charge in [-0.1, -0.05) is 42.5 Å². The van der Waals surface area contributed by atoms with E-state index in [-0.39, 0.29) is 0 Å². The zero-order valence-corrected chi connectivity index (χ0v) is 18.0. The molecule has 5 rings (SSSR count). The molecule has 0 radical (unpaired) electrons. The van der Waals surface area contributed by atoms with E-state index in [9.17, 15) is 0 Å². The zero-order chi connectivity index (χ0) is 19.3. The molecule has 136 valence electrons. The Bertz CT molecular complexity index is 1310. The largest absolute Gasteiger partial charge is 0.397 e. The molecule has 0 aliphatic carbocycles. The van der Waals surface area contributed by atoms with Gasteiger partial charge in [0.15, 0.2) is 0 Å². The van der Waals surface area contributed by atoms with Gasteiger partial charge in [0.2, 0.25) is 0 Å². The summed E-state index contributed by atoms with van der Waals surface area (Å²) in [5.41, 5.74) is 12.6. The van der Waals surface area contributed by atoms with Crippen LogP contribution in [0, 0.1) is 0 Å². The van der Waals surface area contributed by atoms with Crippen molar-refractivity contribution in [1.29, 1.82) is 0 Å². The topological polar surface area (TPSA) is 30.9 Å². The van der Waals surface area contributed by atoms with Crippen LogP contribution in [0.25, 0.3) is 38.6 Å². The molecule has 4 aromatic carbocycles. The third-order valence-corrected chi connectivity index (χ3v) is 6.41. The second-order valence-electron chi connectivity index (χ2n) is 6.77. The lowest BCUT2D eigenvalue weighted by Crippen LogP contribution is -1.93. The highest BCUT2D eigenvalue weighted by molar-refractivity contribution is 9.11. The zero-order valence-electron chi connectivity index (χ0n) is 14.9. The number of hydrogen-bond donors (Lipinski definition) is 1. The van der Waals surface area contributed by atoms with Gasteiger partial charge in [0.05, 0.1) is 16.7 Å². The van der Waals surface area contributed by atoms with E-state index in [1.54, 1.807) is 0 Å². The third-order valence-electron chi connectivity index (χ3n) is 5.10. The van der Waals surface area contributed by atoms with E-state index in [1.165, 1.54) is 27.5 Å². The Kier molecular flexibility index (Phi) is 4.26. The van der Waals surface area contributed by atoms with Crippen LogP contribution in [0.3, 0.4) is 0 Å². The maximum atomic E-state index is 6.06. The lowest BCUT2D eigenvalue weighted by atomic mass is 10.0. The fraction of sp³-hybridized carbons (Fsp3) is 0. The molecule has 1 heterocycles. The molecule has 0 unspecified atom stereocenters. The molecule has 0 saturated heterocycles. The highest BCUT2D eigenvalue weighted by Gasteiger charge is 2.13. The summed E-state index contributed by atoms with van der Waals surface area (Å²) in [6.45, 7) is 0. The van der Waals surface area contributed by atoms with E-state index < -0.39 is 0 Å². The summed E-state index contributed by atoms with van der Waals surface area (Å²) in [6, 6.07) is 29.8. The van der Waals surface area contributed by atoms with Crippen LogP contribution in [0.2, 0.25) is 0 Å². The van der Waals surface area contributed by atoms with Gasteiger partial charge in [-0.15, -0.1) is 0 Å². The highest BCUT2D eigenvalue weighted by Crippen LogP contribution is 2.37. The van der Waals surface area contributed by atoms with E-state index in [2.05, 4.69) is 115 Å². The van der Waals surface area contributed by atoms with Gasteiger partial charge < -0.3 is 10.3 Å². The lowest BCUT2D eigenvalue weighted by Gasteiger charge is -2.09. The van der Waals surface area contributed by atoms with Crippen LogP contribution in [0.15, 0.2) is 93.9 Å². The van der Waals surface area contributed by atoms with Crippen LogP contribution in [0.5, 0.6) is 0 Å². The average molecular weight is 492 g/mol. The quantitative estimate of drug-likeness (QED) is 0.254. The predicted octanol–water partition coefficient (Wildman–Crippen LogP) is 7.56. The van der Waals surface area contributed by atoms with Crippen LogP contribution < -0.4 is 5.73 Å². The number of rotatable bonds is 2. The van der Waals surface area contributed by atoms with Crippen molar-refractivity contribution in [1.82, 2.24) is 4.57 Å². The molecule has 2 N–H and O–H groups in total. The molecule has 1 aromatic heterocycles. The molecule has 0 aliphatic rings. The summed E-state index contributed by atoms with van der Waals surface area (Å²) < 4.78 is 4.11. The predicted molar refractivity (Wildman–Crippen MR) is 126 cm³/mol. The van der Waals surface area contributed by atoms with Crippen molar-refractivity contribution < 1.29 is 0 Å². The summed E-state index contributed by atoms with van der Waals surface area (Å²) in [6.07, 6.45) is 0. The van der Waals surface area contributed by atoms with Crippen LogP contribution >= 0.6 is 31.9 Å². The van der Waals surface area contributed by atoms with E-state index in [0.717, 1.165) is 20.1 Å². The first-order valence-electron chi connectivity index (χ1n) is 8.97. The fourth-order valence-corrected chi connectivity index (χ4v) is 4.95. The standard InChI is InChI=1S/C24H16Br2N2/c25-20-13-16(14-21(26)24(20)27)15-10-11-23-19(12-15)18-8-4-5-9-22(18)28(23)17-6-2-1-3-7-17/h1-14H,27H2. The maximum Gasteiger partial charge on any atom is 0.0603 e. The lowest BCUT2D eigenvalue weighted by molar-refractivity contribution is 1.18. The molecule has 0 amide bonds. The van der Waals surface area contributed by atoms with Crippen molar-refractivity contribution in [2.45, 2.75) is 0 Å². The molecule has 28 heavy (non-hydrogen) atoms. The van der Waals surface area contributed by atoms with E-state index in [0.29, 0.717) is 5.69 Å². The summed E-state index contributed by atoms with van der Waals surface area (Å²) in [5.74, 6) is 0. The van der Waals surface area contributed by atoms with Gasteiger partial charge in [-0.05, 0) is 85.5 Å². The average Bonchev–Trinajstić information content (AvgIpc) is 3.06. The number of benzene rings is 4. The second kappa shape index (κ2) is 6.80. The number of fused-ring (bicyclic) bond motifs is 3. The molecular formula is C24H16Br2N2. The van der Waals surface area contributed by atoms with Gasteiger partial charge in [0, 0.05) is 25.4 Å². The van der Waals surface area contributed by atoms with Crippen molar-refractivity contribution in [3.8, 4) is 16.8 Å². The normalized spacial score (nSPS) is 11.4. The smallest absolute Gasteiger partial charge is 0.0603 e. The molecular weight excluding hydrogens is 476 g/mol. The Labute approximate surface area is 179 Å². The minimum Gasteiger partial charge on any atom is -0.397 e. The molecule has 2 nitrogen and oxygen atoms in total. The number of aromatic nitrogens is 1. The number of nitrogen functional groups attached to an aromatic ring is 1. The van der Waals surface area contributed by atoms with Gasteiger partial charge in [0.25, 0.3) is 0 Å². The molecule has 0 fully saturated rings. The van der Waals surface area contributed by atoms with Gasteiger partial charge in [0.1, 0.15) is 0 Å². The van der Waals surface area contributed by atoms with Crippen molar-refractivity contribution in [2.24, 2.45) is 0 Å². The van der Waals surface area contributed by atoms with Crippen molar-refractivity contribution >= 4 is 59.4 Å². The fourth-order valence-electron chi connectivity index (χ4n) is 3.76. The Morgan fingerprint density at radius 1 is 0.607 bits per heavy atom. The Morgan fingerprint density at radius 2 is 1.25 bits per heavy atom. The van der Waals surface area contributed by atoms with Gasteiger partial charge in [-0.2, -0.15) is 0 Å². The summed E-state index contributed by atoms with van der Waals surface area (Å²) >= 11 is 7.12. The van der Waals surface area contributed by atoms with E-state index in [4.69, 9.17) is 5.73 Å². The van der Waals surface area contributed by atoms with Gasteiger partial charge in [-0.3, -0.25) is 0 Å².